The quantitative estimate of drug-likeness (QED) is 0.557. The number of unbranched alkanes of at least 4 members (excludes halogenated alkanes) is 3. The van der Waals surface area contributed by atoms with Crippen molar-refractivity contribution in [2.24, 2.45) is 0 Å². The van der Waals surface area contributed by atoms with Crippen molar-refractivity contribution in [3.05, 3.63) is 11.4 Å². The largest absolute Gasteiger partial charge is 0.245 e. The summed E-state index contributed by atoms with van der Waals surface area (Å²) in [5, 5.41) is 8.26. The summed E-state index contributed by atoms with van der Waals surface area (Å²) >= 11 is 18.1. The van der Waals surface area contributed by atoms with Gasteiger partial charge in [-0.25, -0.2) is 4.68 Å². The van der Waals surface area contributed by atoms with Gasteiger partial charge >= 0.3 is 0 Å². The Hall–Kier alpha value is 0.01000. The first-order chi connectivity index (χ1) is 8.38. The Balaban J connectivity index is 2.85. The summed E-state index contributed by atoms with van der Waals surface area (Å²) in [6.07, 6.45) is 4.61. The van der Waals surface area contributed by atoms with Gasteiger partial charge in [-0.2, -0.15) is 0 Å². The van der Waals surface area contributed by atoms with Crippen molar-refractivity contribution in [3.8, 4) is 0 Å². The van der Waals surface area contributed by atoms with Crippen LogP contribution in [0.2, 0.25) is 0 Å². The first-order valence-electron chi connectivity index (χ1n) is 6.38. The van der Waals surface area contributed by atoms with E-state index in [9.17, 15) is 0 Å². The van der Waals surface area contributed by atoms with E-state index in [1.807, 2.05) is 13.8 Å². The lowest BCUT2D eigenvalue weighted by atomic mass is 10.1. The third-order valence-corrected chi connectivity index (χ3v) is 3.34. The zero-order valence-corrected chi connectivity index (χ0v) is 13.4. The van der Waals surface area contributed by atoms with Crippen molar-refractivity contribution in [2.75, 3.05) is 0 Å². The molecule has 0 spiro atoms. The van der Waals surface area contributed by atoms with Crippen molar-refractivity contribution >= 4 is 34.8 Å². The van der Waals surface area contributed by atoms with Gasteiger partial charge in [0, 0.05) is 6.54 Å². The smallest absolute Gasteiger partial charge is 0.234 e. The Kier molecular flexibility index (Phi) is 6.22. The second-order valence-corrected chi connectivity index (χ2v) is 7.04. The Labute approximate surface area is 124 Å². The molecule has 18 heavy (non-hydrogen) atoms. The molecule has 0 aliphatic rings. The normalized spacial score (nSPS) is 12.4. The number of halogens is 3. The highest BCUT2D eigenvalue weighted by Gasteiger charge is 2.33. The fraction of sp³-hybridized carbons (Fsp3) is 0.833. The molecule has 0 atom stereocenters. The van der Waals surface area contributed by atoms with E-state index < -0.39 is 3.79 Å². The lowest BCUT2D eigenvalue weighted by molar-refractivity contribution is 0.514. The molecule has 1 rings (SSSR count). The van der Waals surface area contributed by atoms with Crippen LogP contribution in [0.3, 0.4) is 0 Å². The topological polar surface area (TPSA) is 30.7 Å². The Morgan fingerprint density at radius 2 is 1.83 bits per heavy atom. The van der Waals surface area contributed by atoms with Crippen molar-refractivity contribution in [1.29, 1.82) is 0 Å². The lowest BCUT2D eigenvalue weighted by Gasteiger charge is -2.16. The van der Waals surface area contributed by atoms with Gasteiger partial charge in [-0.1, -0.05) is 80.0 Å². The van der Waals surface area contributed by atoms with Crippen LogP contribution in [-0.2, 0) is 10.3 Å². The number of hydrogen-bond acceptors (Lipinski definition) is 2. The summed E-state index contributed by atoms with van der Waals surface area (Å²) in [4.78, 5) is 0. The molecule has 1 aromatic rings. The molecular formula is C12H20Cl3N3. The number of aromatic nitrogens is 3. The van der Waals surface area contributed by atoms with Gasteiger partial charge in [0.25, 0.3) is 0 Å². The van der Waals surface area contributed by atoms with Gasteiger partial charge in [-0.15, -0.1) is 5.10 Å². The highest BCUT2D eigenvalue weighted by atomic mass is 35.6. The predicted molar refractivity (Wildman–Crippen MR) is 77.5 cm³/mol. The van der Waals surface area contributed by atoms with Crippen molar-refractivity contribution in [3.63, 3.8) is 0 Å². The van der Waals surface area contributed by atoms with Gasteiger partial charge in [0.15, 0.2) is 0 Å². The van der Waals surface area contributed by atoms with Crippen LogP contribution in [0.15, 0.2) is 0 Å². The third kappa shape index (κ3) is 4.29. The highest BCUT2D eigenvalue weighted by molar-refractivity contribution is 6.66. The Bertz CT molecular complexity index is 369. The molecule has 3 nitrogen and oxygen atoms in total. The minimum absolute atomic E-state index is 0.194. The summed E-state index contributed by atoms with van der Waals surface area (Å²) in [7, 11) is 0. The van der Waals surface area contributed by atoms with E-state index in [0.717, 1.165) is 25.1 Å². The summed E-state index contributed by atoms with van der Waals surface area (Å²) in [6, 6.07) is 0. The standard InChI is InChI=1S/C12H20Cl3N3/c1-4-5-6-7-8-18-11(12(13,14)15)10(9(2)3)16-17-18/h9H,4-8H2,1-3H3. The molecule has 104 valence electrons. The molecule has 6 heteroatoms. The number of alkyl halides is 3. The number of nitrogens with zero attached hydrogens (tertiary/aromatic N) is 3. The van der Waals surface area contributed by atoms with Crippen LogP contribution in [0.1, 0.15) is 63.8 Å². The Morgan fingerprint density at radius 3 is 2.33 bits per heavy atom. The SMILES string of the molecule is CCCCCCn1nnc(C(C)C)c1C(Cl)(Cl)Cl. The average Bonchev–Trinajstić information content (AvgIpc) is 2.68. The second kappa shape index (κ2) is 6.97. The molecule has 0 radical (unpaired) electrons. The van der Waals surface area contributed by atoms with Crippen LogP contribution in [-0.4, -0.2) is 15.0 Å². The number of hydrogen-bond donors (Lipinski definition) is 0. The van der Waals surface area contributed by atoms with Gasteiger partial charge in [0.05, 0.1) is 5.69 Å². The van der Waals surface area contributed by atoms with E-state index in [1.54, 1.807) is 4.68 Å². The van der Waals surface area contributed by atoms with E-state index >= 15 is 0 Å². The fourth-order valence-corrected chi connectivity index (χ4v) is 2.43. The van der Waals surface area contributed by atoms with E-state index in [4.69, 9.17) is 34.8 Å². The van der Waals surface area contributed by atoms with Crippen LogP contribution < -0.4 is 0 Å². The molecule has 0 fully saturated rings. The summed E-state index contributed by atoms with van der Waals surface area (Å²) in [6.45, 7) is 6.97. The summed E-state index contributed by atoms with van der Waals surface area (Å²) < 4.78 is 0.270. The van der Waals surface area contributed by atoms with E-state index in [2.05, 4.69) is 17.2 Å². The molecule has 0 N–H and O–H groups in total. The first kappa shape index (κ1) is 16.1. The fourth-order valence-electron chi connectivity index (χ4n) is 1.85. The molecule has 0 bridgehead atoms. The van der Waals surface area contributed by atoms with Gasteiger partial charge in [0.2, 0.25) is 3.79 Å². The molecule has 0 aliphatic heterocycles. The minimum atomic E-state index is -1.46. The maximum atomic E-state index is 6.02. The maximum absolute atomic E-state index is 6.02. The second-order valence-electron chi connectivity index (χ2n) is 4.76. The molecule has 0 aliphatic carbocycles. The van der Waals surface area contributed by atoms with Crippen LogP contribution in [0.4, 0.5) is 0 Å². The van der Waals surface area contributed by atoms with Crippen LogP contribution in [0, 0.1) is 0 Å². The molecular weight excluding hydrogens is 293 g/mol. The van der Waals surface area contributed by atoms with Crippen molar-refractivity contribution in [1.82, 2.24) is 15.0 Å². The molecule has 0 saturated carbocycles. The van der Waals surface area contributed by atoms with Crippen LogP contribution in [0.25, 0.3) is 0 Å². The highest BCUT2D eigenvalue weighted by Crippen LogP contribution is 2.41. The van der Waals surface area contributed by atoms with Gasteiger partial charge in [0.1, 0.15) is 5.69 Å². The maximum Gasteiger partial charge on any atom is 0.234 e. The number of rotatable bonds is 6. The van der Waals surface area contributed by atoms with Crippen molar-refractivity contribution in [2.45, 2.75) is 62.7 Å². The van der Waals surface area contributed by atoms with Crippen molar-refractivity contribution < 1.29 is 0 Å². The van der Waals surface area contributed by atoms with E-state index in [1.165, 1.54) is 12.8 Å². The third-order valence-electron chi connectivity index (χ3n) is 2.80. The zero-order valence-electron chi connectivity index (χ0n) is 11.1. The molecule has 0 unspecified atom stereocenters. The average molecular weight is 313 g/mol. The number of aryl methyl sites for hydroxylation is 1. The van der Waals surface area contributed by atoms with Crippen LogP contribution in [0.5, 0.6) is 0 Å². The minimum Gasteiger partial charge on any atom is -0.245 e. The van der Waals surface area contributed by atoms with Gasteiger partial charge < -0.3 is 0 Å². The Morgan fingerprint density at radius 1 is 1.17 bits per heavy atom. The molecule has 0 amide bonds. The zero-order chi connectivity index (χ0) is 13.8. The van der Waals surface area contributed by atoms with E-state index in [0.29, 0.717) is 5.69 Å². The molecule has 0 aromatic carbocycles. The molecule has 0 saturated heterocycles. The lowest BCUT2D eigenvalue weighted by Crippen LogP contribution is -2.14. The summed E-state index contributed by atoms with van der Waals surface area (Å²) in [5.41, 5.74) is 1.38. The van der Waals surface area contributed by atoms with Crippen LogP contribution >= 0.6 is 34.8 Å². The molecule has 1 aromatic heterocycles. The van der Waals surface area contributed by atoms with Gasteiger partial charge in [-0.05, 0) is 12.3 Å². The van der Waals surface area contributed by atoms with E-state index in [-0.39, 0.29) is 5.92 Å². The first-order valence-corrected chi connectivity index (χ1v) is 7.51. The van der Waals surface area contributed by atoms with Gasteiger partial charge in [-0.3, -0.25) is 0 Å². The predicted octanol–water partition coefficient (Wildman–Crippen LogP) is 4.81. The molecule has 1 heterocycles. The monoisotopic (exact) mass is 311 g/mol. The summed E-state index contributed by atoms with van der Waals surface area (Å²) in [5.74, 6) is 0.194.